The van der Waals surface area contributed by atoms with Crippen LogP contribution in [0.1, 0.15) is 15.9 Å². The van der Waals surface area contributed by atoms with Crippen LogP contribution in [0.25, 0.3) is 33.3 Å². The normalized spacial score (nSPS) is 22.4. The zero-order chi connectivity index (χ0) is 29.5. The number of phenolic OH excluding ortho intramolecular Hbond substituents is 1. The molecule has 11 heteroatoms. The van der Waals surface area contributed by atoms with Crippen molar-refractivity contribution in [2.45, 2.75) is 18.1 Å². The minimum Gasteiger partial charge on any atom is -0.510 e. The van der Waals surface area contributed by atoms with Crippen molar-refractivity contribution in [2.24, 2.45) is 11.7 Å². The van der Waals surface area contributed by atoms with Gasteiger partial charge in [0.05, 0.1) is 17.0 Å². The number of primary amides is 1. The lowest BCUT2D eigenvalue weighted by molar-refractivity contribution is -0.140. The van der Waals surface area contributed by atoms with Crippen molar-refractivity contribution in [1.29, 1.82) is 0 Å². The lowest BCUT2D eigenvalue weighted by atomic mass is 9.61. The van der Waals surface area contributed by atoms with E-state index in [1.807, 2.05) is 43.3 Å². The van der Waals surface area contributed by atoms with Crippen LogP contribution in [0.4, 0.5) is 5.69 Å². The number of aromatic hydroxyl groups is 1. The van der Waals surface area contributed by atoms with E-state index in [4.69, 9.17) is 10.2 Å². The number of rotatable bonds is 4. The SMILES string of the molecule is CN(C)c1ccc(-c2nc3ccc4cc5c(c(O)c4c3o2)C(=O)[C@]2(O)C(=O)C(C(N)=O)=C(O)[C@@H](N(C)C)[C@@H]2C5)cc1. The van der Waals surface area contributed by atoms with Crippen molar-refractivity contribution in [2.75, 3.05) is 33.1 Å². The Morgan fingerprint density at radius 2 is 1.73 bits per heavy atom. The average molecular weight is 557 g/mol. The van der Waals surface area contributed by atoms with Crippen molar-refractivity contribution >= 4 is 45.0 Å². The Morgan fingerprint density at radius 3 is 2.34 bits per heavy atom. The van der Waals surface area contributed by atoms with Gasteiger partial charge in [-0.05, 0) is 67.9 Å². The summed E-state index contributed by atoms with van der Waals surface area (Å²) in [5.74, 6) is -5.54. The molecule has 0 saturated heterocycles. The Balaban J connectivity index is 1.55. The number of phenols is 1. The third kappa shape index (κ3) is 3.59. The van der Waals surface area contributed by atoms with Crippen LogP contribution in [0.3, 0.4) is 0 Å². The predicted octanol–water partition coefficient (Wildman–Crippen LogP) is 2.32. The van der Waals surface area contributed by atoms with E-state index in [-0.39, 0.29) is 23.0 Å². The van der Waals surface area contributed by atoms with Gasteiger partial charge in [-0.1, -0.05) is 6.07 Å². The van der Waals surface area contributed by atoms with Gasteiger partial charge in [0.1, 0.15) is 22.6 Å². The second-order valence-corrected chi connectivity index (χ2v) is 11.0. The summed E-state index contributed by atoms with van der Waals surface area (Å²) in [5, 5.41) is 34.8. The van der Waals surface area contributed by atoms with Crippen molar-refractivity contribution < 1.29 is 34.1 Å². The molecule has 2 aliphatic carbocycles. The third-order valence-corrected chi connectivity index (χ3v) is 8.19. The molecule has 4 aromatic rings. The van der Waals surface area contributed by atoms with Crippen molar-refractivity contribution in [1.82, 2.24) is 9.88 Å². The molecule has 0 aliphatic heterocycles. The minimum atomic E-state index is -2.74. The highest BCUT2D eigenvalue weighted by molar-refractivity contribution is 6.33. The first-order valence-corrected chi connectivity index (χ1v) is 12.9. The molecule has 1 heterocycles. The Hall–Kier alpha value is -4.74. The maximum atomic E-state index is 14.0. The number of amides is 1. The fourth-order valence-corrected chi connectivity index (χ4v) is 6.19. The summed E-state index contributed by atoms with van der Waals surface area (Å²) in [6.07, 6.45) is -0.0519. The summed E-state index contributed by atoms with van der Waals surface area (Å²) in [6, 6.07) is 11.7. The zero-order valence-corrected chi connectivity index (χ0v) is 22.8. The highest BCUT2D eigenvalue weighted by atomic mass is 16.4. The summed E-state index contributed by atoms with van der Waals surface area (Å²) in [4.78, 5) is 47.6. The number of fused-ring (bicyclic) bond motifs is 5. The van der Waals surface area contributed by atoms with Gasteiger partial charge >= 0.3 is 0 Å². The van der Waals surface area contributed by atoms with Crippen LogP contribution < -0.4 is 10.6 Å². The number of aromatic nitrogens is 1. The third-order valence-electron chi connectivity index (χ3n) is 8.19. The fraction of sp³-hybridized carbons (Fsp3) is 0.267. The number of aliphatic hydroxyl groups excluding tert-OH is 1. The molecular weight excluding hydrogens is 528 g/mol. The summed E-state index contributed by atoms with van der Waals surface area (Å²) < 4.78 is 6.11. The maximum absolute atomic E-state index is 14.0. The Kier molecular flexibility index (Phi) is 5.74. The molecule has 0 saturated carbocycles. The molecule has 3 atom stereocenters. The number of carbonyl (C=O) groups is 3. The number of nitrogens with zero attached hydrogens (tertiary/aromatic N) is 3. The molecule has 41 heavy (non-hydrogen) atoms. The zero-order valence-electron chi connectivity index (χ0n) is 22.8. The summed E-state index contributed by atoms with van der Waals surface area (Å²) >= 11 is 0. The van der Waals surface area contributed by atoms with Crippen molar-refractivity contribution in [3.63, 3.8) is 0 Å². The van der Waals surface area contributed by atoms with Gasteiger partial charge < -0.3 is 30.4 Å². The van der Waals surface area contributed by atoms with Gasteiger partial charge in [-0.15, -0.1) is 0 Å². The number of Topliss-reactive ketones (excluding diaryl/α,β-unsaturated/α-hetero) is 2. The average Bonchev–Trinajstić information content (AvgIpc) is 3.35. The molecule has 2 aliphatic rings. The highest BCUT2D eigenvalue weighted by Gasteiger charge is 2.63. The monoisotopic (exact) mass is 556 g/mol. The second-order valence-electron chi connectivity index (χ2n) is 11.0. The van der Waals surface area contributed by atoms with E-state index in [0.717, 1.165) is 5.69 Å². The minimum absolute atomic E-state index is 0.0519. The highest BCUT2D eigenvalue weighted by Crippen LogP contribution is 2.48. The smallest absolute Gasteiger partial charge is 0.255 e. The molecule has 0 fully saturated rings. The van der Waals surface area contributed by atoms with E-state index < -0.39 is 52.1 Å². The predicted molar refractivity (Wildman–Crippen MR) is 151 cm³/mol. The van der Waals surface area contributed by atoms with Gasteiger partial charge in [-0.3, -0.25) is 19.3 Å². The van der Waals surface area contributed by atoms with Crippen LogP contribution in [0.15, 0.2) is 58.2 Å². The standard InChI is InChI=1S/C30H28N4O7/c1-33(2)16-8-5-13(6-9-16)29-32-18-10-7-14-11-15-12-17-22(34(3)4)24(36)21(28(31)39)27(38)30(17,40)26(37)20(15)23(35)19(14)25(18)41-29/h5-11,17,22,35-36,40H,12H2,1-4H3,(H2,31,39)/t17-,22-,30-/m0/s1. The number of carbonyl (C=O) groups excluding carboxylic acids is 3. The van der Waals surface area contributed by atoms with E-state index in [2.05, 4.69) is 4.98 Å². The van der Waals surface area contributed by atoms with E-state index in [1.165, 1.54) is 4.90 Å². The number of hydrogen-bond acceptors (Lipinski definition) is 10. The van der Waals surface area contributed by atoms with Gasteiger partial charge in [-0.25, -0.2) is 4.98 Å². The largest absolute Gasteiger partial charge is 0.510 e. The van der Waals surface area contributed by atoms with Crippen molar-refractivity contribution in [3.8, 4) is 17.2 Å². The van der Waals surface area contributed by atoms with Crippen LogP contribution in [0.2, 0.25) is 0 Å². The van der Waals surface area contributed by atoms with Crippen LogP contribution in [-0.2, 0) is 16.0 Å². The number of nitrogens with two attached hydrogens (primary N) is 1. The summed E-state index contributed by atoms with van der Waals surface area (Å²) in [5.41, 5.74) is 4.30. The van der Waals surface area contributed by atoms with Gasteiger partial charge in [0.25, 0.3) is 5.91 Å². The number of anilines is 1. The molecule has 3 aromatic carbocycles. The molecule has 6 rings (SSSR count). The van der Waals surface area contributed by atoms with E-state index >= 15 is 0 Å². The van der Waals surface area contributed by atoms with Crippen LogP contribution >= 0.6 is 0 Å². The second kappa shape index (κ2) is 8.88. The number of ketones is 2. The number of aliphatic hydroxyl groups is 2. The lowest BCUT2D eigenvalue weighted by Crippen LogP contribution is -2.66. The first-order valence-electron chi connectivity index (χ1n) is 12.9. The number of hydrogen-bond donors (Lipinski definition) is 4. The van der Waals surface area contributed by atoms with Gasteiger partial charge in [0, 0.05) is 31.3 Å². The van der Waals surface area contributed by atoms with E-state index in [9.17, 15) is 29.7 Å². The van der Waals surface area contributed by atoms with Crippen molar-refractivity contribution in [3.05, 3.63) is 64.9 Å². The van der Waals surface area contributed by atoms with Gasteiger partial charge in [-0.2, -0.15) is 0 Å². The van der Waals surface area contributed by atoms with Crippen LogP contribution in [0, 0.1) is 5.92 Å². The summed E-state index contributed by atoms with van der Waals surface area (Å²) in [6.45, 7) is 0. The van der Waals surface area contributed by atoms with E-state index in [0.29, 0.717) is 27.9 Å². The molecule has 210 valence electrons. The van der Waals surface area contributed by atoms with Crippen LogP contribution in [0.5, 0.6) is 5.75 Å². The fourth-order valence-electron chi connectivity index (χ4n) is 6.19. The quantitative estimate of drug-likeness (QED) is 0.216. The Labute approximate surface area is 234 Å². The number of benzene rings is 3. The molecular formula is C30H28N4O7. The number of likely N-dealkylation sites (N-methyl/N-ethyl adjacent to an activating group) is 1. The van der Waals surface area contributed by atoms with Gasteiger partial charge in [0.15, 0.2) is 11.2 Å². The van der Waals surface area contributed by atoms with Gasteiger partial charge in [0.2, 0.25) is 17.5 Å². The molecule has 0 bridgehead atoms. The lowest BCUT2D eigenvalue weighted by Gasteiger charge is -2.47. The first-order chi connectivity index (χ1) is 19.4. The molecule has 1 amide bonds. The molecule has 11 nitrogen and oxygen atoms in total. The molecule has 0 spiro atoms. The Morgan fingerprint density at radius 1 is 1.05 bits per heavy atom. The first kappa shape index (κ1) is 26.5. The van der Waals surface area contributed by atoms with E-state index in [1.54, 1.807) is 32.3 Å². The summed E-state index contributed by atoms with van der Waals surface area (Å²) in [7, 11) is 7.03. The maximum Gasteiger partial charge on any atom is 0.255 e. The Bertz CT molecular complexity index is 1840. The molecule has 0 unspecified atom stereocenters. The van der Waals surface area contributed by atoms with Crippen LogP contribution in [-0.4, -0.2) is 82.5 Å². The molecule has 1 aromatic heterocycles. The molecule has 0 radical (unpaired) electrons. The number of oxazole rings is 1. The molecule has 5 N–H and O–H groups in total. The topological polar surface area (TPSA) is 170 Å².